The maximum atomic E-state index is 13.6. The van der Waals surface area contributed by atoms with Crippen LogP contribution >= 0.6 is 11.6 Å². The molecule has 3 aromatic rings. The molecule has 0 aliphatic heterocycles. The van der Waals surface area contributed by atoms with Crippen molar-refractivity contribution in [2.24, 2.45) is 0 Å². The lowest BCUT2D eigenvalue weighted by molar-refractivity contribution is 0.616. The standard InChI is InChI=1S/C17H16ClFN2/c1-11-5-3-4-6-14(11)12(2)21-16-9-13(19)7-8-15(16)20-17(21)10-18/h3-9,12H,10H2,1-2H3. The van der Waals surface area contributed by atoms with E-state index in [0.717, 1.165) is 16.9 Å². The van der Waals surface area contributed by atoms with Crippen molar-refractivity contribution in [3.8, 4) is 0 Å². The summed E-state index contributed by atoms with van der Waals surface area (Å²) in [7, 11) is 0. The molecule has 0 saturated heterocycles. The van der Waals surface area contributed by atoms with Crippen molar-refractivity contribution in [3.63, 3.8) is 0 Å². The average molecular weight is 303 g/mol. The van der Waals surface area contributed by atoms with Gasteiger partial charge in [0.15, 0.2) is 0 Å². The van der Waals surface area contributed by atoms with Gasteiger partial charge in [0.25, 0.3) is 0 Å². The van der Waals surface area contributed by atoms with E-state index in [2.05, 4.69) is 31.0 Å². The van der Waals surface area contributed by atoms with E-state index in [4.69, 9.17) is 11.6 Å². The van der Waals surface area contributed by atoms with Crippen molar-refractivity contribution in [1.29, 1.82) is 0 Å². The molecule has 1 atom stereocenters. The Morgan fingerprint density at radius 3 is 2.71 bits per heavy atom. The number of nitrogens with zero attached hydrogens (tertiary/aromatic N) is 2. The van der Waals surface area contributed by atoms with Gasteiger partial charge in [0.2, 0.25) is 0 Å². The molecule has 0 amide bonds. The number of fused-ring (bicyclic) bond motifs is 1. The fourth-order valence-electron chi connectivity index (χ4n) is 2.84. The molecule has 0 aliphatic rings. The molecule has 0 fully saturated rings. The van der Waals surface area contributed by atoms with E-state index >= 15 is 0 Å². The zero-order chi connectivity index (χ0) is 15.0. The average Bonchev–Trinajstić information content (AvgIpc) is 2.84. The van der Waals surface area contributed by atoms with Gasteiger partial charge in [0, 0.05) is 0 Å². The fraction of sp³-hybridized carbons (Fsp3) is 0.235. The maximum Gasteiger partial charge on any atom is 0.125 e. The maximum absolute atomic E-state index is 13.6. The molecule has 108 valence electrons. The third-order valence-electron chi connectivity index (χ3n) is 3.87. The van der Waals surface area contributed by atoms with E-state index in [9.17, 15) is 4.39 Å². The zero-order valence-corrected chi connectivity index (χ0v) is 12.7. The van der Waals surface area contributed by atoms with Crippen LogP contribution in [0.1, 0.15) is 29.9 Å². The SMILES string of the molecule is Cc1ccccc1C(C)n1c(CCl)nc2ccc(F)cc21. The van der Waals surface area contributed by atoms with Gasteiger partial charge in [-0.15, -0.1) is 11.6 Å². The Morgan fingerprint density at radius 2 is 2.00 bits per heavy atom. The van der Waals surface area contributed by atoms with Crippen LogP contribution in [0, 0.1) is 12.7 Å². The summed E-state index contributed by atoms with van der Waals surface area (Å²) in [6, 6.07) is 12.9. The second-order valence-corrected chi connectivity index (χ2v) is 5.46. The number of aryl methyl sites for hydroxylation is 1. The molecule has 0 spiro atoms. The van der Waals surface area contributed by atoms with Gasteiger partial charge < -0.3 is 4.57 Å². The molecule has 2 aromatic carbocycles. The van der Waals surface area contributed by atoms with Gasteiger partial charge in [-0.3, -0.25) is 0 Å². The molecule has 1 unspecified atom stereocenters. The molecule has 0 bridgehead atoms. The normalized spacial score (nSPS) is 12.8. The summed E-state index contributed by atoms with van der Waals surface area (Å²) in [6.45, 7) is 4.16. The van der Waals surface area contributed by atoms with Crippen LogP contribution in [0.3, 0.4) is 0 Å². The van der Waals surface area contributed by atoms with E-state index < -0.39 is 0 Å². The molecular weight excluding hydrogens is 287 g/mol. The van der Waals surface area contributed by atoms with Crippen LogP contribution in [0.4, 0.5) is 4.39 Å². The van der Waals surface area contributed by atoms with E-state index in [1.165, 1.54) is 23.3 Å². The predicted octanol–water partition coefficient (Wildman–Crippen LogP) is 4.83. The molecule has 0 radical (unpaired) electrons. The van der Waals surface area contributed by atoms with Crippen molar-refractivity contribution < 1.29 is 4.39 Å². The summed E-state index contributed by atoms with van der Waals surface area (Å²) in [6.07, 6.45) is 0. The van der Waals surface area contributed by atoms with Crippen LogP contribution in [0.25, 0.3) is 11.0 Å². The van der Waals surface area contributed by atoms with Gasteiger partial charge in [-0.1, -0.05) is 24.3 Å². The fourth-order valence-corrected chi connectivity index (χ4v) is 3.03. The Kier molecular flexibility index (Phi) is 3.68. The highest BCUT2D eigenvalue weighted by Crippen LogP contribution is 2.28. The summed E-state index contributed by atoms with van der Waals surface area (Å²) in [5, 5.41) is 0. The monoisotopic (exact) mass is 302 g/mol. The lowest BCUT2D eigenvalue weighted by atomic mass is 10.0. The summed E-state index contributed by atoms with van der Waals surface area (Å²) >= 11 is 6.04. The molecule has 1 aromatic heterocycles. The molecule has 4 heteroatoms. The van der Waals surface area contributed by atoms with Gasteiger partial charge in [-0.05, 0) is 43.2 Å². The number of aromatic nitrogens is 2. The van der Waals surface area contributed by atoms with Crippen molar-refractivity contribution in [2.45, 2.75) is 25.8 Å². The van der Waals surface area contributed by atoms with Crippen LogP contribution in [0.2, 0.25) is 0 Å². The van der Waals surface area contributed by atoms with E-state index in [-0.39, 0.29) is 11.9 Å². The zero-order valence-electron chi connectivity index (χ0n) is 12.0. The van der Waals surface area contributed by atoms with Crippen molar-refractivity contribution >= 4 is 22.6 Å². The smallest absolute Gasteiger partial charge is 0.125 e. The van der Waals surface area contributed by atoms with E-state index in [1.807, 2.05) is 16.7 Å². The molecule has 2 nitrogen and oxygen atoms in total. The second-order valence-electron chi connectivity index (χ2n) is 5.20. The Bertz CT molecular complexity index is 795. The van der Waals surface area contributed by atoms with Gasteiger partial charge in [0.05, 0.1) is 23.0 Å². The minimum Gasteiger partial charge on any atom is -0.320 e. The van der Waals surface area contributed by atoms with Crippen LogP contribution in [-0.4, -0.2) is 9.55 Å². The predicted molar refractivity (Wildman–Crippen MR) is 84.2 cm³/mol. The summed E-state index contributed by atoms with van der Waals surface area (Å²) < 4.78 is 15.6. The quantitative estimate of drug-likeness (QED) is 0.634. The largest absolute Gasteiger partial charge is 0.320 e. The van der Waals surface area contributed by atoms with E-state index in [1.54, 1.807) is 6.07 Å². The second kappa shape index (κ2) is 5.49. The first-order valence-corrected chi connectivity index (χ1v) is 7.43. The highest BCUT2D eigenvalue weighted by Gasteiger charge is 2.18. The van der Waals surface area contributed by atoms with Gasteiger partial charge >= 0.3 is 0 Å². The molecule has 3 rings (SSSR count). The minimum absolute atomic E-state index is 0.0479. The molecule has 0 aliphatic carbocycles. The molecule has 0 saturated carbocycles. The first-order valence-electron chi connectivity index (χ1n) is 6.89. The van der Waals surface area contributed by atoms with Crippen molar-refractivity contribution in [2.75, 3.05) is 0 Å². The number of imidazole rings is 1. The summed E-state index contributed by atoms with van der Waals surface area (Å²) in [5.74, 6) is 0.793. The highest BCUT2D eigenvalue weighted by molar-refractivity contribution is 6.16. The van der Waals surface area contributed by atoms with Gasteiger partial charge in [0.1, 0.15) is 11.6 Å². The van der Waals surface area contributed by atoms with Crippen LogP contribution < -0.4 is 0 Å². The lowest BCUT2D eigenvalue weighted by Gasteiger charge is -2.19. The van der Waals surface area contributed by atoms with Crippen LogP contribution in [0.15, 0.2) is 42.5 Å². The van der Waals surface area contributed by atoms with Crippen LogP contribution in [0.5, 0.6) is 0 Å². The Hall–Kier alpha value is -1.87. The summed E-state index contributed by atoms with van der Waals surface area (Å²) in [4.78, 5) is 4.51. The van der Waals surface area contributed by atoms with Crippen LogP contribution in [-0.2, 0) is 5.88 Å². The first kappa shape index (κ1) is 14.1. The Labute approximate surface area is 128 Å². The third-order valence-corrected chi connectivity index (χ3v) is 4.11. The minimum atomic E-state index is -0.262. The molecule has 0 N–H and O–H groups in total. The molecular formula is C17H16ClFN2. The van der Waals surface area contributed by atoms with E-state index in [0.29, 0.717) is 5.88 Å². The number of halogens is 2. The first-order chi connectivity index (χ1) is 10.1. The van der Waals surface area contributed by atoms with Crippen molar-refractivity contribution in [3.05, 3.63) is 65.2 Å². The summed E-state index contributed by atoms with van der Waals surface area (Å²) in [5.41, 5.74) is 3.94. The number of benzene rings is 2. The highest BCUT2D eigenvalue weighted by atomic mass is 35.5. The molecule has 21 heavy (non-hydrogen) atoms. The van der Waals surface area contributed by atoms with Gasteiger partial charge in [-0.25, -0.2) is 9.37 Å². The number of hydrogen-bond acceptors (Lipinski definition) is 1. The Morgan fingerprint density at radius 1 is 1.24 bits per heavy atom. The lowest BCUT2D eigenvalue weighted by Crippen LogP contribution is -2.11. The topological polar surface area (TPSA) is 17.8 Å². The molecule has 1 heterocycles. The number of hydrogen-bond donors (Lipinski definition) is 0. The third kappa shape index (κ3) is 2.42. The van der Waals surface area contributed by atoms with Gasteiger partial charge in [-0.2, -0.15) is 0 Å². The number of rotatable bonds is 3. The Balaban J connectivity index is 2.23. The number of alkyl halides is 1. The van der Waals surface area contributed by atoms with Crippen molar-refractivity contribution in [1.82, 2.24) is 9.55 Å².